The summed E-state index contributed by atoms with van der Waals surface area (Å²) >= 11 is 0. The number of rotatable bonds is 3. The van der Waals surface area contributed by atoms with Crippen LogP contribution in [0.2, 0.25) is 0 Å². The molecule has 5 heteroatoms. The number of likely N-dealkylation sites (tertiary alicyclic amines) is 1. The fourth-order valence-electron chi connectivity index (χ4n) is 3.46. The van der Waals surface area contributed by atoms with Crippen molar-refractivity contribution in [2.45, 2.75) is 25.7 Å². The van der Waals surface area contributed by atoms with Crippen LogP contribution in [0, 0.1) is 11.3 Å². The standard InChI is InChI=1S/C23H21N3O2/c24-16-17-5-8-19(9-6-17)28-20-10-12-21-18(15-20)7-11-22(25-21)23(27)26-13-3-1-2-4-14-26/h5-12,15H,1-4,13-14H2. The molecule has 0 radical (unpaired) electrons. The first-order valence-corrected chi connectivity index (χ1v) is 9.61. The number of ether oxygens (including phenoxy) is 1. The fourth-order valence-corrected chi connectivity index (χ4v) is 3.46. The fraction of sp³-hybridized carbons (Fsp3) is 0.261. The first kappa shape index (κ1) is 18.0. The van der Waals surface area contributed by atoms with Crippen molar-refractivity contribution in [3.8, 4) is 17.6 Å². The number of fused-ring (bicyclic) bond motifs is 1. The molecule has 0 N–H and O–H groups in total. The minimum Gasteiger partial charge on any atom is -0.457 e. The Balaban J connectivity index is 1.53. The van der Waals surface area contributed by atoms with Gasteiger partial charge in [-0.2, -0.15) is 5.26 Å². The van der Waals surface area contributed by atoms with Crippen molar-refractivity contribution in [1.29, 1.82) is 5.26 Å². The lowest BCUT2D eigenvalue weighted by molar-refractivity contribution is 0.0756. The van der Waals surface area contributed by atoms with Crippen LogP contribution in [0.25, 0.3) is 10.9 Å². The van der Waals surface area contributed by atoms with Crippen LogP contribution in [0.1, 0.15) is 41.7 Å². The minimum atomic E-state index is 0.0155. The maximum atomic E-state index is 12.8. The van der Waals surface area contributed by atoms with Gasteiger partial charge in [0, 0.05) is 18.5 Å². The predicted molar refractivity (Wildman–Crippen MR) is 107 cm³/mol. The SMILES string of the molecule is N#Cc1ccc(Oc2ccc3nc(C(=O)N4CCCCCC4)ccc3c2)cc1. The van der Waals surface area contributed by atoms with Gasteiger partial charge in [-0.25, -0.2) is 4.98 Å². The summed E-state index contributed by atoms with van der Waals surface area (Å²) in [6.45, 7) is 1.63. The number of nitrogens with zero attached hydrogens (tertiary/aromatic N) is 3. The Bertz CT molecular complexity index is 1030. The van der Waals surface area contributed by atoms with Crippen LogP contribution >= 0.6 is 0 Å². The van der Waals surface area contributed by atoms with Crippen molar-refractivity contribution < 1.29 is 9.53 Å². The van der Waals surface area contributed by atoms with Gasteiger partial charge in [-0.1, -0.05) is 18.9 Å². The van der Waals surface area contributed by atoms with E-state index in [-0.39, 0.29) is 5.91 Å². The maximum absolute atomic E-state index is 12.8. The molecule has 0 unspecified atom stereocenters. The Morgan fingerprint density at radius 2 is 1.64 bits per heavy atom. The van der Waals surface area contributed by atoms with Crippen LogP contribution < -0.4 is 4.74 Å². The topological polar surface area (TPSA) is 66.2 Å². The number of carbonyl (C=O) groups excluding carboxylic acids is 1. The van der Waals surface area contributed by atoms with E-state index in [0.717, 1.165) is 36.8 Å². The van der Waals surface area contributed by atoms with E-state index in [2.05, 4.69) is 11.1 Å². The third kappa shape index (κ3) is 3.96. The van der Waals surface area contributed by atoms with Gasteiger partial charge in [0.2, 0.25) is 0 Å². The number of nitriles is 1. The molecular formula is C23H21N3O2. The highest BCUT2D eigenvalue weighted by Gasteiger charge is 2.18. The summed E-state index contributed by atoms with van der Waals surface area (Å²) in [6, 6.07) is 18.4. The lowest BCUT2D eigenvalue weighted by Crippen LogP contribution is -2.32. The highest BCUT2D eigenvalue weighted by molar-refractivity contribution is 5.95. The molecule has 5 nitrogen and oxygen atoms in total. The molecule has 0 atom stereocenters. The van der Waals surface area contributed by atoms with Crippen LogP contribution in [0.4, 0.5) is 0 Å². The summed E-state index contributed by atoms with van der Waals surface area (Å²) in [5, 5.41) is 9.79. The van der Waals surface area contributed by atoms with Gasteiger partial charge in [0.05, 0.1) is 17.1 Å². The Morgan fingerprint density at radius 1 is 0.929 bits per heavy atom. The molecule has 1 saturated heterocycles. The summed E-state index contributed by atoms with van der Waals surface area (Å²) in [6.07, 6.45) is 4.51. The Morgan fingerprint density at radius 3 is 2.36 bits per heavy atom. The van der Waals surface area contributed by atoms with E-state index in [4.69, 9.17) is 10.00 Å². The Labute approximate surface area is 164 Å². The first-order chi connectivity index (χ1) is 13.7. The van der Waals surface area contributed by atoms with Crippen LogP contribution in [-0.2, 0) is 0 Å². The first-order valence-electron chi connectivity index (χ1n) is 9.61. The summed E-state index contributed by atoms with van der Waals surface area (Å²) < 4.78 is 5.86. The second-order valence-corrected chi connectivity index (χ2v) is 7.00. The van der Waals surface area contributed by atoms with Gasteiger partial charge in [0.1, 0.15) is 17.2 Å². The van der Waals surface area contributed by atoms with Crippen LogP contribution in [-0.4, -0.2) is 28.9 Å². The molecular weight excluding hydrogens is 350 g/mol. The molecule has 28 heavy (non-hydrogen) atoms. The van der Waals surface area contributed by atoms with Gasteiger partial charge in [-0.3, -0.25) is 4.79 Å². The number of hydrogen-bond donors (Lipinski definition) is 0. The quantitative estimate of drug-likeness (QED) is 0.656. The molecule has 0 saturated carbocycles. The maximum Gasteiger partial charge on any atom is 0.272 e. The molecule has 4 rings (SSSR count). The third-order valence-corrected chi connectivity index (χ3v) is 4.99. The summed E-state index contributed by atoms with van der Waals surface area (Å²) in [5.74, 6) is 1.37. The molecule has 1 amide bonds. The van der Waals surface area contributed by atoms with Gasteiger partial charge >= 0.3 is 0 Å². The number of hydrogen-bond acceptors (Lipinski definition) is 4. The summed E-state index contributed by atoms with van der Waals surface area (Å²) in [7, 11) is 0. The summed E-state index contributed by atoms with van der Waals surface area (Å²) in [4.78, 5) is 19.3. The van der Waals surface area contributed by atoms with Gasteiger partial charge < -0.3 is 9.64 Å². The molecule has 1 aliphatic rings. The van der Waals surface area contributed by atoms with E-state index in [0.29, 0.717) is 22.8 Å². The van der Waals surface area contributed by atoms with Crippen molar-refractivity contribution in [2.24, 2.45) is 0 Å². The van der Waals surface area contributed by atoms with Crippen molar-refractivity contribution in [3.05, 3.63) is 65.9 Å². The zero-order valence-corrected chi connectivity index (χ0v) is 15.6. The van der Waals surface area contributed by atoms with E-state index in [1.807, 2.05) is 29.2 Å². The van der Waals surface area contributed by atoms with Crippen LogP contribution in [0.15, 0.2) is 54.6 Å². The van der Waals surface area contributed by atoms with Crippen molar-refractivity contribution >= 4 is 16.8 Å². The average molecular weight is 371 g/mol. The van der Waals surface area contributed by atoms with Gasteiger partial charge in [-0.05, 0) is 61.4 Å². The van der Waals surface area contributed by atoms with Crippen LogP contribution in [0.3, 0.4) is 0 Å². The van der Waals surface area contributed by atoms with Crippen molar-refractivity contribution in [2.75, 3.05) is 13.1 Å². The highest BCUT2D eigenvalue weighted by Crippen LogP contribution is 2.26. The smallest absolute Gasteiger partial charge is 0.272 e. The third-order valence-electron chi connectivity index (χ3n) is 4.99. The van der Waals surface area contributed by atoms with E-state index < -0.39 is 0 Å². The number of amides is 1. The molecule has 0 spiro atoms. The molecule has 2 aromatic carbocycles. The summed E-state index contributed by atoms with van der Waals surface area (Å²) in [5.41, 5.74) is 1.86. The largest absolute Gasteiger partial charge is 0.457 e. The lowest BCUT2D eigenvalue weighted by atomic mass is 10.2. The molecule has 1 aromatic heterocycles. The number of pyridine rings is 1. The van der Waals surface area contributed by atoms with Crippen LogP contribution in [0.5, 0.6) is 11.5 Å². The zero-order valence-electron chi connectivity index (χ0n) is 15.6. The van der Waals surface area contributed by atoms with E-state index >= 15 is 0 Å². The molecule has 0 aliphatic carbocycles. The van der Waals surface area contributed by atoms with Gasteiger partial charge in [0.25, 0.3) is 5.91 Å². The average Bonchev–Trinajstić information content (AvgIpc) is 3.03. The van der Waals surface area contributed by atoms with E-state index in [1.165, 1.54) is 12.8 Å². The molecule has 2 heterocycles. The number of aromatic nitrogens is 1. The number of benzene rings is 2. The van der Waals surface area contributed by atoms with E-state index in [1.54, 1.807) is 30.3 Å². The second kappa shape index (κ2) is 8.10. The zero-order chi connectivity index (χ0) is 19.3. The minimum absolute atomic E-state index is 0.0155. The monoisotopic (exact) mass is 371 g/mol. The molecule has 1 fully saturated rings. The molecule has 140 valence electrons. The van der Waals surface area contributed by atoms with E-state index in [9.17, 15) is 4.79 Å². The second-order valence-electron chi connectivity index (χ2n) is 7.00. The molecule has 1 aliphatic heterocycles. The van der Waals surface area contributed by atoms with Crippen molar-refractivity contribution in [1.82, 2.24) is 9.88 Å². The van der Waals surface area contributed by atoms with Gasteiger partial charge in [0.15, 0.2) is 0 Å². The predicted octanol–water partition coefficient (Wildman–Crippen LogP) is 4.91. The molecule has 0 bridgehead atoms. The molecule has 3 aromatic rings. The Hall–Kier alpha value is -3.39. The highest BCUT2D eigenvalue weighted by atomic mass is 16.5. The Kier molecular flexibility index (Phi) is 5.20. The normalized spacial score (nSPS) is 14.3. The number of carbonyl (C=O) groups is 1. The van der Waals surface area contributed by atoms with Crippen molar-refractivity contribution in [3.63, 3.8) is 0 Å². The lowest BCUT2D eigenvalue weighted by Gasteiger charge is -2.19. The van der Waals surface area contributed by atoms with Gasteiger partial charge in [-0.15, -0.1) is 0 Å².